The Balaban J connectivity index is 2.10. The van der Waals surface area contributed by atoms with Crippen LogP contribution in [0.25, 0.3) is 0 Å². The molecule has 0 atom stereocenters. The normalized spacial score (nSPS) is 10.7. The Morgan fingerprint density at radius 3 is 2.86 bits per heavy atom. The number of carbonyl (C=O) groups is 1. The summed E-state index contributed by atoms with van der Waals surface area (Å²) in [5, 5.41) is 14.7. The molecule has 1 amide bonds. The van der Waals surface area contributed by atoms with Crippen molar-refractivity contribution in [3.05, 3.63) is 63.6 Å². The van der Waals surface area contributed by atoms with Gasteiger partial charge in [0.2, 0.25) is 0 Å². The first-order valence-electron chi connectivity index (χ1n) is 6.44. The van der Waals surface area contributed by atoms with E-state index in [2.05, 4.69) is 38.2 Å². The van der Waals surface area contributed by atoms with E-state index >= 15 is 0 Å². The van der Waals surface area contributed by atoms with Crippen molar-refractivity contribution in [3.63, 3.8) is 0 Å². The monoisotopic (exact) mass is 404 g/mol. The standard InChI is InChI=1S/C16H13IN4O/c1-11-7-13(17)4-5-15(11)21-16(22)12(8-18)9-20-14-3-2-6-19-10-14/h2-7,9-10,20H,1H3,(H,21,22)/b12-9-. The van der Waals surface area contributed by atoms with Gasteiger partial charge in [0, 0.05) is 21.7 Å². The highest BCUT2D eigenvalue weighted by Crippen LogP contribution is 2.18. The van der Waals surface area contributed by atoms with E-state index in [0.717, 1.165) is 9.13 Å². The summed E-state index contributed by atoms with van der Waals surface area (Å²) in [6, 6.07) is 11.1. The van der Waals surface area contributed by atoms with Crippen LogP contribution in [0.2, 0.25) is 0 Å². The maximum atomic E-state index is 12.1. The SMILES string of the molecule is Cc1cc(I)ccc1NC(=O)/C(C#N)=C\Nc1cccnc1. The third-order valence-corrected chi connectivity index (χ3v) is 3.52. The van der Waals surface area contributed by atoms with Gasteiger partial charge in [-0.25, -0.2) is 0 Å². The molecule has 5 nitrogen and oxygen atoms in total. The number of aromatic nitrogens is 1. The molecule has 1 aromatic carbocycles. The Morgan fingerprint density at radius 2 is 2.23 bits per heavy atom. The van der Waals surface area contributed by atoms with E-state index in [0.29, 0.717) is 11.4 Å². The number of rotatable bonds is 4. The molecule has 1 heterocycles. The summed E-state index contributed by atoms with van der Waals surface area (Å²) in [6.07, 6.45) is 4.62. The van der Waals surface area contributed by atoms with E-state index in [1.807, 2.05) is 31.2 Å². The molecule has 0 aliphatic carbocycles. The van der Waals surface area contributed by atoms with Gasteiger partial charge < -0.3 is 10.6 Å². The molecule has 1 aromatic heterocycles. The maximum absolute atomic E-state index is 12.1. The molecule has 0 radical (unpaired) electrons. The Bertz CT molecular complexity index is 750. The Morgan fingerprint density at radius 1 is 1.41 bits per heavy atom. The van der Waals surface area contributed by atoms with Gasteiger partial charge in [-0.2, -0.15) is 5.26 Å². The highest BCUT2D eigenvalue weighted by molar-refractivity contribution is 14.1. The van der Waals surface area contributed by atoms with Crippen molar-refractivity contribution in [3.8, 4) is 6.07 Å². The van der Waals surface area contributed by atoms with E-state index in [1.165, 1.54) is 6.20 Å². The molecule has 2 aromatic rings. The number of aryl methyl sites for hydroxylation is 1. The maximum Gasteiger partial charge on any atom is 0.267 e. The minimum absolute atomic E-state index is 0.0122. The second-order valence-electron chi connectivity index (χ2n) is 4.47. The van der Waals surface area contributed by atoms with Gasteiger partial charge in [-0.1, -0.05) is 0 Å². The molecule has 0 bridgehead atoms. The number of nitrogens with zero attached hydrogens (tertiary/aromatic N) is 2. The summed E-state index contributed by atoms with van der Waals surface area (Å²) in [5.41, 5.74) is 2.32. The highest BCUT2D eigenvalue weighted by atomic mass is 127. The van der Waals surface area contributed by atoms with E-state index in [-0.39, 0.29) is 5.57 Å². The predicted octanol–water partition coefficient (Wildman–Crippen LogP) is 3.45. The van der Waals surface area contributed by atoms with Crippen LogP contribution >= 0.6 is 22.6 Å². The molecule has 22 heavy (non-hydrogen) atoms. The zero-order valence-corrected chi connectivity index (χ0v) is 14.0. The summed E-state index contributed by atoms with van der Waals surface area (Å²) >= 11 is 2.20. The summed E-state index contributed by atoms with van der Waals surface area (Å²) in [7, 11) is 0. The Hall–Kier alpha value is -2.40. The molecule has 0 aliphatic rings. The van der Waals surface area contributed by atoms with E-state index in [4.69, 9.17) is 5.26 Å². The van der Waals surface area contributed by atoms with Crippen molar-refractivity contribution < 1.29 is 4.79 Å². The molecule has 2 N–H and O–H groups in total. The molecule has 6 heteroatoms. The number of hydrogen-bond acceptors (Lipinski definition) is 4. The third-order valence-electron chi connectivity index (χ3n) is 2.85. The van der Waals surface area contributed by atoms with Crippen molar-refractivity contribution in [1.29, 1.82) is 5.26 Å². The number of anilines is 2. The molecule has 0 spiro atoms. The van der Waals surface area contributed by atoms with E-state index in [1.54, 1.807) is 24.5 Å². The smallest absolute Gasteiger partial charge is 0.267 e. The summed E-state index contributed by atoms with van der Waals surface area (Å²) in [6.45, 7) is 1.90. The van der Waals surface area contributed by atoms with Crippen molar-refractivity contribution >= 4 is 39.9 Å². The number of pyridine rings is 1. The van der Waals surface area contributed by atoms with Gasteiger partial charge in [-0.05, 0) is 65.4 Å². The zero-order valence-electron chi connectivity index (χ0n) is 11.8. The lowest BCUT2D eigenvalue weighted by Crippen LogP contribution is -2.15. The lowest BCUT2D eigenvalue weighted by Gasteiger charge is -2.08. The molecule has 0 fully saturated rings. The van der Waals surface area contributed by atoms with Crippen LogP contribution in [-0.4, -0.2) is 10.9 Å². The fraction of sp³-hybridized carbons (Fsp3) is 0.0625. The van der Waals surface area contributed by atoms with Crippen LogP contribution in [0.5, 0.6) is 0 Å². The van der Waals surface area contributed by atoms with Crippen molar-refractivity contribution in [2.45, 2.75) is 6.92 Å². The van der Waals surface area contributed by atoms with Gasteiger partial charge in [-0.3, -0.25) is 9.78 Å². The van der Waals surface area contributed by atoms with Crippen LogP contribution in [0, 0.1) is 21.8 Å². The third kappa shape index (κ3) is 4.30. The average Bonchev–Trinajstić information content (AvgIpc) is 2.52. The number of nitrogens with one attached hydrogen (secondary N) is 2. The summed E-state index contributed by atoms with van der Waals surface area (Å²) in [4.78, 5) is 16.1. The molecule has 2 rings (SSSR count). The molecule has 0 saturated carbocycles. The first kappa shape index (κ1) is 16.0. The zero-order chi connectivity index (χ0) is 15.9. The first-order valence-corrected chi connectivity index (χ1v) is 7.52. The molecule has 0 saturated heterocycles. The fourth-order valence-electron chi connectivity index (χ4n) is 1.71. The van der Waals surface area contributed by atoms with Gasteiger partial charge in [0.25, 0.3) is 5.91 Å². The lowest BCUT2D eigenvalue weighted by atomic mass is 10.2. The van der Waals surface area contributed by atoms with Crippen LogP contribution in [0.3, 0.4) is 0 Å². The van der Waals surface area contributed by atoms with Crippen LogP contribution < -0.4 is 10.6 Å². The van der Waals surface area contributed by atoms with E-state index < -0.39 is 5.91 Å². The molecular weight excluding hydrogens is 391 g/mol. The van der Waals surface area contributed by atoms with Gasteiger partial charge in [0.1, 0.15) is 11.6 Å². The summed E-state index contributed by atoms with van der Waals surface area (Å²) in [5.74, 6) is -0.455. The van der Waals surface area contributed by atoms with Gasteiger partial charge in [-0.15, -0.1) is 0 Å². The topological polar surface area (TPSA) is 77.8 Å². The van der Waals surface area contributed by atoms with Crippen molar-refractivity contribution in [2.75, 3.05) is 10.6 Å². The number of hydrogen-bond donors (Lipinski definition) is 2. The first-order chi connectivity index (χ1) is 10.6. The predicted molar refractivity (Wildman–Crippen MR) is 94.1 cm³/mol. The van der Waals surface area contributed by atoms with Crippen LogP contribution in [-0.2, 0) is 4.79 Å². The number of amides is 1. The van der Waals surface area contributed by atoms with Crippen LogP contribution in [0.15, 0.2) is 54.5 Å². The van der Waals surface area contributed by atoms with Gasteiger partial charge in [0.15, 0.2) is 0 Å². The van der Waals surface area contributed by atoms with Crippen LogP contribution in [0.4, 0.5) is 11.4 Å². The fourth-order valence-corrected chi connectivity index (χ4v) is 2.36. The van der Waals surface area contributed by atoms with Gasteiger partial charge in [0.05, 0.1) is 11.9 Å². The van der Waals surface area contributed by atoms with Crippen molar-refractivity contribution in [1.82, 2.24) is 4.98 Å². The number of halogens is 1. The average molecular weight is 404 g/mol. The summed E-state index contributed by atoms with van der Waals surface area (Å²) < 4.78 is 1.09. The van der Waals surface area contributed by atoms with Crippen LogP contribution in [0.1, 0.15) is 5.56 Å². The van der Waals surface area contributed by atoms with Gasteiger partial charge >= 0.3 is 0 Å². The quantitative estimate of drug-likeness (QED) is 0.465. The number of benzene rings is 1. The lowest BCUT2D eigenvalue weighted by molar-refractivity contribution is -0.112. The Labute approximate surface area is 142 Å². The number of nitriles is 1. The molecular formula is C16H13IN4O. The second kappa shape index (κ2) is 7.56. The number of carbonyl (C=O) groups excluding carboxylic acids is 1. The largest absolute Gasteiger partial charge is 0.359 e. The van der Waals surface area contributed by atoms with E-state index in [9.17, 15) is 4.79 Å². The Kier molecular flexibility index (Phi) is 5.49. The minimum atomic E-state index is -0.455. The highest BCUT2D eigenvalue weighted by Gasteiger charge is 2.10. The molecule has 0 unspecified atom stereocenters. The second-order valence-corrected chi connectivity index (χ2v) is 5.71. The van der Waals surface area contributed by atoms with Crippen molar-refractivity contribution in [2.24, 2.45) is 0 Å². The molecule has 0 aliphatic heterocycles. The molecule has 110 valence electrons. The minimum Gasteiger partial charge on any atom is -0.359 e.